The predicted octanol–water partition coefficient (Wildman–Crippen LogP) is 9.20. The Hall–Kier alpha value is -2.37. The summed E-state index contributed by atoms with van der Waals surface area (Å²) in [6.07, 6.45) is 14.2. The van der Waals surface area contributed by atoms with Crippen molar-refractivity contribution in [3.8, 4) is 16.9 Å². The molecule has 5 rings (SSSR count). The Bertz CT molecular complexity index is 1100. The van der Waals surface area contributed by atoms with Crippen LogP contribution in [0.3, 0.4) is 0 Å². The molecule has 2 saturated carbocycles. The minimum Gasteiger partial charge on any atom is -0.497 e. The lowest BCUT2D eigenvalue weighted by atomic mass is 9.91. The smallest absolute Gasteiger partial charge is 0.118 e. The first-order valence-electron chi connectivity index (χ1n) is 13.6. The largest absolute Gasteiger partial charge is 0.497 e. The van der Waals surface area contributed by atoms with Gasteiger partial charge in [0.2, 0.25) is 0 Å². The van der Waals surface area contributed by atoms with Gasteiger partial charge in [-0.15, -0.1) is 0 Å². The summed E-state index contributed by atoms with van der Waals surface area (Å²) in [6.45, 7) is 4.56. The quantitative estimate of drug-likeness (QED) is 0.305. The van der Waals surface area contributed by atoms with Crippen molar-refractivity contribution in [2.24, 2.45) is 0 Å². The van der Waals surface area contributed by atoms with Gasteiger partial charge in [-0.3, -0.25) is 0 Å². The first kappa shape index (κ1) is 24.3. The van der Waals surface area contributed by atoms with Crippen LogP contribution < -0.4 is 10.0 Å². The van der Waals surface area contributed by atoms with Crippen molar-refractivity contribution >= 4 is 18.8 Å². The van der Waals surface area contributed by atoms with Crippen molar-refractivity contribution in [1.29, 1.82) is 0 Å². The van der Waals surface area contributed by atoms with E-state index in [1.54, 1.807) is 12.4 Å². The van der Waals surface area contributed by atoms with Crippen LogP contribution in [0.4, 0.5) is 0 Å². The molecule has 2 aliphatic rings. The summed E-state index contributed by atoms with van der Waals surface area (Å²) in [5.74, 6) is 0.880. The van der Waals surface area contributed by atoms with Gasteiger partial charge < -0.3 is 4.74 Å². The lowest BCUT2D eigenvalue weighted by Crippen LogP contribution is -2.27. The number of benzene rings is 3. The number of rotatable bonds is 7. The topological polar surface area (TPSA) is 9.23 Å². The SMILES string of the molecule is C=C(c1ccc(OC)cc1)c1ccccc1-c1ccccc1P(C1CCCCC1)C1CCCCC1. The van der Waals surface area contributed by atoms with Crippen molar-refractivity contribution in [3.63, 3.8) is 0 Å². The molecule has 2 heteroatoms. The number of hydrogen-bond acceptors (Lipinski definition) is 1. The lowest BCUT2D eigenvalue weighted by molar-refractivity contribution is 0.415. The van der Waals surface area contributed by atoms with Crippen LogP contribution in [0.25, 0.3) is 16.7 Å². The third-order valence-electron chi connectivity index (χ3n) is 8.10. The Labute approximate surface area is 213 Å². The van der Waals surface area contributed by atoms with Crippen LogP contribution in [0.5, 0.6) is 5.75 Å². The highest BCUT2D eigenvalue weighted by Gasteiger charge is 2.33. The molecule has 35 heavy (non-hydrogen) atoms. The van der Waals surface area contributed by atoms with Gasteiger partial charge in [0.1, 0.15) is 5.75 Å². The molecule has 0 N–H and O–H groups in total. The van der Waals surface area contributed by atoms with E-state index < -0.39 is 0 Å². The molecule has 182 valence electrons. The standard InChI is InChI=1S/C33H39OP/c1-25(26-21-23-27(34-2)24-22-26)30-17-9-10-18-31(30)32-19-11-12-20-33(32)35(28-13-5-3-6-14-28)29-15-7-4-8-16-29/h9-12,17-24,28-29H,1,3-8,13-16H2,2H3. The van der Waals surface area contributed by atoms with Crippen molar-refractivity contribution in [1.82, 2.24) is 0 Å². The highest BCUT2D eigenvalue weighted by atomic mass is 31.1. The molecule has 0 saturated heterocycles. The predicted molar refractivity (Wildman–Crippen MR) is 153 cm³/mol. The van der Waals surface area contributed by atoms with Crippen LogP contribution in [0.15, 0.2) is 79.4 Å². The van der Waals surface area contributed by atoms with Gasteiger partial charge in [0.05, 0.1) is 7.11 Å². The molecule has 2 aliphatic carbocycles. The van der Waals surface area contributed by atoms with Gasteiger partial charge in [0.25, 0.3) is 0 Å². The number of hydrogen-bond donors (Lipinski definition) is 0. The highest BCUT2D eigenvalue weighted by Crippen LogP contribution is 2.56. The van der Waals surface area contributed by atoms with Crippen LogP contribution in [0.1, 0.15) is 75.3 Å². The Morgan fingerprint density at radius 1 is 0.686 bits per heavy atom. The average molecular weight is 483 g/mol. The van der Waals surface area contributed by atoms with E-state index in [9.17, 15) is 0 Å². The fourth-order valence-corrected chi connectivity index (χ4v) is 10.2. The van der Waals surface area contributed by atoms with Gasteiger partial charge in [-0.1, -0.05) is 114 Å². The molecular weight excluding hydrogens is 443 g/mol. The zero-order valence-corrected chi connectivity index (χ0v) is 22.1. The van der Waals surface area contributed by atoms with Crippen molar-refractivity contribution in [2.75, 3.05) is 7.11 Å². The second kappa shape index (κ2) is 11.6. The van der Waals surface area contributed by atoms with E-state index in [1.807, 2.05) is 12.1 Å². The summed E-state index contributed by atoms with van der Waals surface area (Å²) in [4.78, 5) is 0. The maximum atomic E-state index is 5.38. The maximum absolute atomic E-state index is 5.38. The third-order valence-corrected chi connectivity index (χ3v) is 11.7. The zero-order chi connectivity index (χ0) is 24.0. The molecule has 0 aliphatic heterocycles. The molecule has 2 fully saturated rings. The monoisotopic (exact) mass is 482 g/mol. The molecule has 0 radical (unpaired) electrons. The molecule has 1 nitrogen and oxygen atoms in total. The summed E-state index contributed by atoms with van der Waals surface area (Å²) >= 11 is 0. The molecule has 0 spiro atoms. The van der Waals surface area contributed by atoms with E-state index in [4.69, 9.17) is 4.74 Å². The summed E-state index contributed by atoms with van der Waals surface area (Å²) in [5.41, 5.74) is 8.03. The lowest BCUT2D eigenvalue weighted by Gasteiger charge is -2.39. The summed E-state index contributed by atoms with van der Waals surface area (Å²) < 4.78 is 5.38. The van der Waals surface area contributed by atoms with E-state index in [1.165, 1.54) is 80.9 Å². The van der Waals surface area contributed by atoms with Crippen LogP contribution >= 0.6 is 7.92 Å². The molecular formula is C33H39OP. The van der Waals surface area contributed by atoms with Crippen LogP contribution in [0.2, 0.25) is 0 Å². The molecule has 0 atom stereocenters. The van der Waals surface area contributed by atoms with Gasteiger partial charge in [0, 0.05) is 0 Å². The summed E-state index contributed by atoms with van der Waals surface area (Å²) in [7, 11) is 1.54. The second-order valence-electron chi connectivity index (χ2n) is 10.3. The highest BCUT2D eigenvalue weighted by molar-refractivity contribution is 7.67. The molecule has 3 aromatic rings. The van der Waals surface area contributed by atoms with Gasteiger partial charge in [0.15, 0.2) is 0 Å². The van der Waals surface area contributed by atoms with Crippen molar-refractivity contribution < 1.29 is 4.74 Å². The van der Waals surface area contributed by atoms with E-state index in [0.717, 1.165) is 28.2 Å². The van der Waals surface area contributed by atoms with E-state index in [0.29, 0.717) is 0 Å². The second-order valence-corrected chi connectivity index (χ2v) is 13.0. The molecule has 0 amide bonds. The van der Waals surface area contributed by atoms with Gasteiger partial charge in [-0.25, -0.2) is 0 Å². The fourth-order valence-electron chi connectivity index (χ4n) is 6.27. The fraction of sp³-hybridized carbons (Fsp3) is 0.394. The normalized spacial score (nSPS) is 17.4. The van der Waals surface area contributed by atoms with Crippen molar-refractivity contribution in [2.45, 2.75) is 75.5 Å². The van der Waals surface area contributed by atoms with Crippen molar-refractivity contribution in [3.05, 3.63) is 90.5 Å². The van der Waals surface area contributed by atoms with Gasteiger partial charge >= 0.3 is 0 Å². The molecule has 0 aromatic heterocycles. The van der Waals surface area contributed by atoms with E-state index in [-0.39, 0.29) is 7.92 Å². The Morgan fingerprint density at radius 3 is 1.83 bits per heavy atom. The number of methoxy groups -OCH3 is 1. The molecule has 3 aromatic carbocycles. The minimum absolute atomic E-state index is 0.175. The summed E-state index contributed by atoms with van der Waals surface area (Å²) in [6, 6.07) is 26.6. The Kier molecular flexibility index (Phi) is 8.05. The first-order chi connectivity index (χ1) is 17.3. The van der Waals surface area contributed by atoms with E-state index in [2.05, 4.69) is 67.2 Å². The molecule has 0 bridgehead atoms. The van der Waals surface area contributed by atoms with Gasteiger partial charge in [-0.2, -0.15) is 0 Å². The average Bonchev–Trinajstić information content (AvgIpc) is 2.94. The maximum Gasteiger partial charge on any atom is 0.118 e. The molecule has 0 heterocycles. The number of ether oxygens (including phenoxy) is 1. The van der Waals surface area contributed by atoms with Gasteiger partial charge in [-0.05, 0) is 82.3 Å². The zero-order valence-electron chi connectivity index (χ0n) is 21.2. The van der Waals surface area contributed by atoms with Crippen LogP contribution in [0, 0.1) is 0 Å². The first-order valence-corrected chi connectivity index (χ1v) is 15.0. The van der Waals surface area contributed by atoms with Crippen LogP contribution in [-0.4, -0.2) is 18.4 Å². The Balaban J connectivity index is 1.57. The Morgan fingerprint density at radius 2 is 1.23 bits per heavy atom. The van der Waals surface area contributed by atoms with E-state index >= 15 is 0 Å². The summed E-state index contributed by atoms with van der Waals surface area (Å²) in [5, 5.41) is 1.65. The minimum atomic E-state index is -0.175. The third kappa shape index (κ3) is 5.41. The molecule has 0 unspecified atom stereocenters. The van der Waals surface area contributed by atoms with Crippen LogP contribution in [-0.2, 0) is 0 Å².